The summed E-state index contributed by atoms with van der Waals surface area (Å²) in [6.45, 7) is 7.84. The monoisotopic (exact) mass is 344 g/mol. The average Bonchev–Trinajstić information content (AvgIpc) is 2.86. The van der Waals surface area contributed by atoms with E-state index in [4.69, 9.17) is 0 Å². The van der Waals surface area contributed by atoms with Crippen molar-refractivity contribution in [2.45, 2.75) is 13.3 Å². The number of carbonyl (C=O) groups excluding carboxylic acids is 3. The smallest absolute Gasteiger partial charge is 0.321 e. The second kappa shape index (κ2) is 8.86. The summed E-state index contributed by atoms with van der Waals surface area (Å²) in [5.74, 6) is -0.151. The standard InChI is InChI=1S/C18H24N4O3/c1-3-9-19-17(24)15-5-7-16(8-6-15)20-18(25)22-11-4-10-21(12-13-22)14(2)23/h3,5-8H,1,4,9-13H2,2H3,(H,19,24)(H,20,25). The van der Waals surface area contributed by atoms with Gasteiger partial charge in [-0.05, 0) is 30.7 Å². The van der Waals surface area contributed by atoms with Gasteiger partial charge >= 0.3 is 6.03 Å². The van der Waals surface area contributed by atoms with Gasteiger partial charge in [0.1, 0.15) is 0 Å². The Bertz CT molecular complexity index is 642. The molecule has 1 saturated heterocycles. The van der Waals surface area contributed by atoms with E-state index in [1.165, 1.54) is 0 Å². The minimum atomic E-state index is -0.200. The topological polar surface area (TPSA) is 81.8 Å². The number of anilines is 1. The molecule has 0 bridgehead atoms. The Morgan fingerprint density at radius 3 is 2.36 bits per heavy atom. The predicted octanol–water partition coefficient (Wildman–Crippen LogP) is 1.69. The quantitative estimate of drug-likeness (QED) is 0.816. The van der Waals surface area contributed by atoms with Crippen molar-refractivity contribution in [3.8, 4) is 0 Å². The lowest BCUT2D eigenvalue weighted by molar-refractivity contribution is -0.128. The summed E-state index contributed by atoms with van der Waals surface area (Å²) < 4.78 is 0. The Labute approximate surface area is 147 Å². The molecule has 0 aromatic heterocycles. The highest BCUT2D eigenvalue weighted by molar-refractivity contribution is 5.95. The highest BCUT2D eigenvalue weighted by atomic mass is 16.2. The first kappa shape index (κ1) is 18.5. The second-order valence-corrected chi connectivity index (χ2v) is 5.85. The SMILES string of the molecule is C=CCNC(=O)c1ccc(NC(=O)N2CCCN(C(C)=O)CC2)cc1. The van der Waals surface area contributed by atoms with Crippen molar-refractivity contribution in [3.63, 3.8) is 0 Å². The third kappa shape index (κ3) is 5.34. The van der Waals surface area contributed by atoms with Gasteiger partial charge in [0.2, 0.25) is 5.91 Å². The van der Waals surface area contributed by atoms with E-state index in [2.05, 4.69) is 17.2 Å². The molecule has 0 unspecified atom stereocenters. The summed E-state index contributed by atoms with van der Waals surface area (Å²) in [5.41, 5.74) is 1.14. The molecule has 4 amide bonds. The van der Waals surface area contributed by atoms with Crippen LogP contribution in [0, 0.1) is 0 Å². The van der Waals surface area contributed by atoms with Crippen LogP contribution in [0.5, 0.6) is 0 Å². The van der Waals surface area contributed by atoms with Crippen LogP contribution in [0.25, 0.3) is 0 Å². The summed E-state index contributed by atoms with van der Waals surface area (Å²) in [5, 5.41) is 5.52. The molecule has 134 valence electrons. The van der Waals surface area contributed by atoms with Gasteiger partial charge in [-0.2, -0.15) is 0 Å². The summed E-state index contributed by atoms with van der Waals surface area (Å²) in [6.07, 6.45) is 2.37. The fourth-order valence-electron chi connectivity index (χ4n) is 2.61. The van der Waals surface area contributed by atoms with E-state index in [0.717, 1.165) is 6.42 Å². The van der Waals surface area contributed by atoms with Gasteiger partial charge in [-0.25, -0.2) is 4.79 Å². The molecule has 2 rings (SSSR count). The molecule has 7 heteroatoms. The number of nitrogens with zero attached hydrogens (tertiary/aromatic N) is 2. The van der Waals surface area contributed by atoms with Crippen LogP contribution < -0.4 is 10.6 Å². The van der Waals surface area contributed by atoms with E-state index < -0.39 is 0 Å². The fourth-order valence-corrected chi connectivity index (χ4v) is 2.61. The van der Waals surface area contributed by atoms with Crippen molar-refractivity contribution in [1.82, 2.24) is 15.1 Å². The van der Waals surface area contributed by atoms with Gasteiger partial charge in [0, 0.05) is 50.9 Å². The zero-order valence-electron chi connectivity index (χ0n) is 14.5. The summed E-state index contributed by atoms with van der Waals surface area (Å²) in [6, 6.07) is 6.51. The third-order valence-electron chi connectivity index (χ3n) is 4.03. The van der Waals surface area contributed by atoms with Crippen LogP contribution in [0.2, 0.25) is 0 Å². The van der Waals surface area contributed by atoms with Crippen LogP contribution >= 0.6 is 0 Å². The van der Waals surface area contributed by atoms with E-state index >= 15 is 0 Å². The molecular weight excluding hydrogens is 320 g/mol. The van der Waals surface area contributed by atoms with Gasteiger partial charge in [-0.3, -0.25) is 9.59 Å². The fraction of sp³-hybridized carbons (Fsp3) is 0.389. The number of hydrogen-bond donors (Lipinski definition) is 2. The third-order valence-corrected chi connectivity index (χ3v) is 4.03. The second-order valence-electron chi connectivity index (χ2n) is 5.85. The average molecular weight is 344 g/mol. The van der Waals surface area contributed by atoms with Crippen molar-refractivity contribution in [2.24, 2.45) is 0 Å². The van der Waals surface area contributed by atoms with Crippen molar-refractivity contribution < 1.29 is 14.4 Å². The molecule has 0 aliphatic carbocycles. The first-order valence-electron chi connectivity index (χ1n) is 8.32. The van der Waals surface area contributed by atoms with Crippen molar-refractivity contribution >= 4 is 23.5 Å². The van der Waals surface area contributed by atoms with Gasteiger partial charge in [-0.15, -0.1) is 6.58 Å². The molecule has 25 heavy (non-hydrogen) atoms. The lowest BCUT2D eigenvalue weighted by atomic mass is 10.2. The first-order valence-corrected chi connectivity index (χ1v) is 8.32. The zero-order valence-corrected chi connectivity index (χ0v) is 14.5. The summed E-state index contributed by atoms with van der Waals surface area (Å²) in [7, 11) is 0. The van der Waals surface area contributed by atoms with Gasteiger partial charge in [0.25, 0.3) is 5.91 Å². The van der Waals surface area contributed by atoms with Crippen LogP contribution in [0.15, 0.2) is 36.9 Å². The maximum Gasteiger partial charge on any atom is 0.321 e. The molecule has 2 N–H and O–H groups in total. The van der Waals surface area contributed by atoms with Crippen LogP contribution in [-0.4, -0.2) is 60.4 Å². The Balaban J connectivity index is 1.90. The molecule has 1 aromatic carbocycles. The van der Waals surface area contributed by atoms with E-state index in [0.29, 0.717) is 44.0 Å². The maximum absolute atomic E-state index is 12.4. The number of nitrogens with one attached hydrogen (secondary N) is 2. The zero-order chi connectivity index (χ0) is 18.2. The van der Waals surface area contributed by atoms with Crippen LogP contribution in [0.3, 0.4) is 0 Å². The van der Waals surface area contributed by atoms with Gasteiger partial charge in [-0.1, -0.05) is 6.08 Å². The molecule has 0 spiro atoms. The molecule has 0 atom stereocenters. The van der Waals surface area contributed by atoms with Gasteiger partial charge in [0.05, 0.1) is 0 Å². The summed E-state index contributed by atoms with van der Waals surface area (Å²) in [4.78, 5) is 39.1. The van der Waals surface area contributed by atoms with E-state index in [1.54, 1.807) is 47.1 Å². The Kier molecular flexibility index (Phi) is 6.56. The Hall–Kier alpha value is -2.83. The Morgan fingerprint density at radius 2 is 1.72 bits per heavy atom. The largest absolute Gasteiger partial charge is 0.349 e. The number of urea groups is 1. The number of benzene rings is 1. The lowest BCUT2D eigenvalue weighted by Crippen LogP contribution is -2.38. The predicted molar refractivity (Wildman–Crippen MR) is 96.4 cm³/mol. The molecule has 0 radical (unpaired) electrons. The molecule has 1 aliphatic rings. The molecule has 1 aliphatic heterocycles. The molecule has 1 heterocycles. The van der Waals surface area contributed by atoms with E-state index in [9.17, 15) is 14.4 Å². The number of amides is 4. The molecular formula is C18H24N4O3. The lowest BCUT2D eigenvalue weighted by Gasteiger charge is -2.21. The molecule has 0 saturated carbocycles. The molecule has 1 aromatic rings. The van der Waals surface area contributed by atoms with Gasteiger partial charge < -0.3 is 20.4 Å². The minimum Gasteiger partial charge on any atom is -0.349 e. The number of carbonyl (C=O) groups is 3. The molecule has 7 nitrogen and oxygen atoms in total. The van der Waals surface area contributed by atoms with Gasteiger partial charge in [0.15, 0.2) is 0 Å². The van der Waals surface area contributed by atoms with Crippen LogP contribution in [-0.2, 0) is 4.79 Å². The van der Waals surface area contributed by atoms with E-state index in [-0.39, 0.29) is 17.8 Å². The highest BCUT2D eigenvalue weighted by Crippen LogP contribution is 2.12. The van der Waals surface area contributed by atoms with E-state index in [1.807, 2.05) is 0 Å². The van der Waals surface area contributed by atoms with Crippen LogP contribution in [0.4, 0.5) is 10.5 Å². The molecule has 1 fully saturated rings. The number of hydrogen-bond acceptors (Lipinski definition) is 3. The first-order chi connectivity index (χ1) is 12.0. The maximum atomic E-state index is 12.4. The van der Waals surface area contributed by atoms with Crippen LogP contribution in [0.1, 0.15) is 23.7 Å². The summed E-state index contributed by atoms with van der Waals surface area (Å²) >= 11 is 0. The Morgan fingerprint density at radius 1 is 1.08 bits per heavy atom. The van der Waals surface area contributed by atoms with Crippen molar-refractivity contribution in [1.29, 1.82) is 0 Å². The van der Waals surface area contributed by atoms with Crippen molar-refractivity contribution in [3.05, 3.63) is 42.5 Å². The minimum absolute atomic E-state index is 0.0348. The number of rotatable bonds is 4. The van der Waals surface area contributed by atoms with Crippen molar-refractivity contribution in [2.75, 3.05) is 38.0 Å². The normalized spacial score (nSPS) is 14.4. The highest BCUT2D eigenvalue weighted by Gasteiger charge is 2.20.